The summed E-state index contributed by atoms with van der Waals surface area (Å²) in [6.45, 7) is 2.36. The molecule has 0 saturated carbocycles. The zero-order valence-electron chi connectivity index (χ0n) is 23.2. The van der Waals surface area contributed by atoms with Crippen molar-refractivity contribution in [2.45, 2.75) is 45.4 Å². The number of benzene rings is 3. The fraction of sp³-hybridized carbons (Fsp3) is 0.323. The number of hydrogen-bond acceptors (Lipinski definition) is 8. The molecule has 0 spiro atoms. The van der Waals surface area contributed by atoms with E-state index in [9.17, 15) is 34.4 Å². The average molecular weight is 571 g/mol. The van der Waals surface area contributed by atoms with Crippen molar-refractivity contribution >= 4 is 46.3 Å². The number of non-ortho nitro benzene ring substituents is 1. The molecule has 0 aromatic heterocycles. The number of hydrogen-bond donors (Lipinski definition) is 1. The van der Waals surface area contributed by atoms with Crippen molar-refractivity contribution in [2.24, 2.45) is 4.99 Å². The van der Waals surface area contributed by atoms with Crippen LogP contribution in [0.4, 0.5) is 5.69 Å². The van der Waals surface area contributed by atoms with E-state index in [1.54, 1.807) is 12.1 Å². The third-order valence-electron chi connectivity index (χ3n) is 7.70. The summed E-state index contributed by atoms with van der Waals surface area (Å²) < 4.78 is 0. The van der Waals surface area contributed by atoms with Gasteiger partial charge in [0, 0.05) is 70.0 Å². The predicted octanol–water partition coefficient (Wildman–Crippen LogP) is 5.13. The maximum atomic E-state index is 13.4. The van der Waals surface area contributed by atoms with Crippen molar-refractivity contribution in [1.82, 2.24) is 9.80 Å². The van der Waals surface area contributed by atoms with Gasteiger partial charge in [-0.2, -0.15) is 0 Å². The molecular weight excluding hydrogens is 540 g/mol. The Balaban J connectivity index is 1.35. The largest absolute Gasteiger partial charge is 0.507 e. The smallest absolute Gasteiger partial charge is 0.270 e. The van der Waals surface area contributed by atoms with Crippen LogP contribution in [0.1, 0.15) is 92.4 Å². The lowest BCUT2D eigenvalue weighted by atomic mass is 9.86. The molecule has 0 fully saturated rings. The number of aromatic hydroxyl groups is 1. The van der Waals surface area contributed by atoms with Gasteiger partial charge < -0.3 is 5.11 Å². The number of carbonyl (C=O) groups excluding carboxylic acids is 4. The highest BCUT2D eigenvalue weighted by atomic mass is 16.6. The molecule has 5 rings (SSSR count). The third-order valence-corrected chi connectivity index (χ3v) is 7.70. The van der Waals surface area contributed by atoms with Crippen LogP contribution in [0.3, 0.4) is 0 Å². The van der Waals surface area contributed by atoms with E-state index in [1.807, 2.05) is 0 Å². The SMILES string of the molecule is CCCCCCCCN1C(=O)c2ccc3c4c(ccc(c24)C1=O)C(=O)N(CCN=Cc1cc([N+](=O)[O-])ccc1O)C3=O. The monoisotopic (exact) mass is 570 g/mol. The van der Waals surface area contributed by atoms with E-state index < -0.39 is 28.6 Å². The van der Waals surface area contributed by atoms with Gasteiger partial charge in [0.05, 0.1) is 11.5 Å². The van der Waals surface area contributed by atoms with Gasteiger partial charge in [0.15, 0.2) is 0 Å². The molecule has 11 nitrogen and oxygen atoms in total. The number of phenolic OH excluding ortho intramolecular Hbond substituents is 1. The van der Waals surface area contributed by atoms with Gasteiger partial charge in [-0.05, 0) is 36.8 Å². The maximum Gasteiger partial charge on any atom is 0.270 e. The predicted molar refractivity (Wildman–Crippen MR) is 155 cm³/mol. The molecule has 2 heterocycles. The lowest BCUT2D eigenvalue weighted by Crippen LogP contribution is -2.44. The molecule has 0 saturated heterocycles. The van der Waals surface area contributed by atoms with E-state index in [0.29, 0.717) is 34.9 Å². The van der Waals surface area contributed by atoms with Gasteiger partial charge in [-0.3, -0.25) is 44.1 Å². The molecule has 3 aromatic rings. The number of rotatable bonds is 12. The van der Waals surface area contributed by atoms with Gasteiger partial charge in [0.2, 0.25) is 0 Å². The molecular formula is C31H30N4O7. The topological polar surface area (TPSA) is 150 Å². The van der Waals surface area contributed by atoms with Crippen LogP contribution in [-0.2, 0) is 0 Å². The number of aliphatic imine (C=N–C) groups is 1. The summed E-state index contributed by atoms with van der Waals surface area (Å²) in [5.41, 5.74) is 0.948. The van der Waals surface area contributed by atoms with Crippen molar-refractivity contribution < 1.29 is 29.2 Å². The second-order valence-corrected chi connectivity index (χ2v) is 10.4. The Bertz CT molecular complexity index is 1590. The average Bonchev–Trinajstić information content (AvgIpc) is 2.98. The highest BCUT2D eigenvalue weighted by Crippen LogP contribution is 2.38. The summed E-state index contributed by atoms with van der Waals surface area (Å²) in [5.74, 6) is -2.19. The number of carbonyl (C=O) groups is 4. The molecule has 0 bridgehead atoms. The zero-order chi connectivity index (χ0) is 30.0. The third kappa shape index (κ3) is 5.13. The maximum absolute atomic E-state index is 13.4. The lowest BCUT2D eigenvalue weighted by molar-refractivity contribution is -0.384. The van der Waals surface area contributed by atoms with Crippen LogP contribution in [0.5, 0.6) is 5.75 Å². The highest BCUT2D eigenvalue weighted by Gasteiger charge is 2.39. The lowest BCUT2D eigenvalue weighted by Gasteiger charge is -2.31. The van der Waals surface area contributed by atoms with Crippen LogP contribution in [0.15, 0.2) is 47.5 Å². The van der Waals surface area contributed by atoms with Crippen LogP contribution in [0.25, 0.3) is 10.8 Å². The molecule has 42 heavy (non-hydrogen) atoms. The zero-order valence-corrected chi connectivity index (χ0v) is 23.2. The van der Waals surface area contributed by atoms with Crippen LogP contribution in [0, 0.1) is 10.1 Å². The van der Waals surface area contributed by atoms with E-state index in [0.717, 1.165) is 37.0 Å². The van der Waals surface area contributed by atoms with Gasteiger partial charge in [0.25, 0.3) is 29.3 Å². The van der Waals surface area contributed by atoms with Gasteiger partial charge in [0.1, 0.15) is 5.75 Å². The number of amides is 4. The van der Waals surface area contributed by atoms with E-state index in [1.165, 1.54) is 41.4 Å². The standard InChI is InChI=1S/C31H30N4O7/c1-2-3-4-5-6-7-15-33-28(37)21-9-11-23-27-24(12-10-22(26(21)27)29(33)38)31(40)34(30(23)39)16-14-32-18-19-17-20(35(41)42)8-13-25(19)36/h8-13,17-18,36H,2-7,14-16H2,1H3. The summed E-state index contributed by atoms with van der Waals surface area (Å²) in [6.07, 6.45) is 7.35. The van der Waals surface area contributed by atoms with E-state index in [4.69, 9.17) is 0 Å². The number of unbranched alkanes of at least 4 members (excludes halogenated alkanes) is 5. The molecule has 3 aromatic carbocycles. The Morgan fingerprint density at radius 2 is 1.26 bits per heavy atom. The second kappa shape index (κ2) is 11.9. The highest BCUT2D eigenvalue weighted by molar-refractivity contribution is 6.33. The molecule has 1 N–H and O–H groups in total. The fourth-order valence-electron chi connectivity index (χ4n) is 5.51. The van der Waals surface area contributed by atoms with E-state index in [2.05, 4.69) is 11.9 Å². The molecule has 4 amide bonds. The van der Waals surface area contributed by atoms with Crippen molar-refractivity contribution in [3.05, 3.63) is 80.4 Å². The Kier molecular flexibility index (Phi) is 8.10. The molecule has 216 valence electrons. The molecule has 0 atom stereocenters. The Labute approximate surface area is 241 Å². The molecule has 2 aliphatic heterocycles. The number of phenols is 1. The van der Waals surface area contributed by atoms with Gasteiger partial charge in [-0.15, -0.1) is 0 Å². The van der Waals surface area contributed by atoms with E-state index in [-0.39, 0.29) is 41.2 Å². The van der Waals surface area contributed by atoms with Crippen LogP contribution < -0.4 is 0 Å². The number of nitro groups is 1. The normalized spacial score (nSPS) is 14.5. The number of imide groups is 2. The van der Waals surface area contributed by atoms with Crippen molar-refractivity contribution in [3.63, 3.8) is 0 Å². The molecule has 11 heteroatoms. The van der Waals surface area contributed by atoms with Crippen LogP contribution >= 0.6 is 0 Å². The van der Waals surface area contributed by atoms with E-state index >= 15 is 0 Å². The Hall–Kier alpha value is -4.93. The number of nitrogens with zero attached hydrogens (tertiary/aromatic N) is 4. The first kappa shape index (κ1) is 28.6. The Morgan fingerprint density at radius 1 is 0.762 bits per heavy atom. The van der Waals surface area contributed by atoms with Gasteiger partial charge >= 0.3 is 0 Å². The minimum atomic E-state index is -0.593. The molecule has 0 radical (unpaired) electrons. The Morgan fingerprint density at radius 3 is 1.79 bits per heavy atom. The summed E-state index contributed by atoms with van der Waals surface area (Å²) >= 11 is 0. The minimum Gasteiger partial charge on any atom is -0.507 e. The molecule has 2 aliphatic rings. The van der Waals surface area contributed by atoms with Crippen molar-refractivity contribution in [3.8, 4) is 5.75 Å². The summed E-state index contributed by atoms with van der Waals surface area (Å²) in [4.78, 5) is 70.4. The summed E-state index contributed by atoms with van der Waals surface area (Å²) in [5, 5.41) is 21.6. The second-order valence-electron chi connectivity index (χ2n) is 10.4. The summed E-state index contributed by atoms with van der Waals surface area (Å²) in [6, 6.07) is 9.66. The summed E-state index contributed by atoms with van der Waals surface area (Å²) in [7, 11) is 0. The first-order chi connectivity index (χ1) is 20.2. The van der Waals surface area contributed by atoms with Crippen LogP contribution in [0.2, 0.25) is 0 Å². The van der Waals surface area contributed by atoms with Gasteiger partial charge in [-0.1, -0.05) is 39.0 Å². The molecule has 0 aliphatic carbocycles. The minimum absolute atomic E-state index is 0.0152. The molecule has 0 unspecified atom stereocenters. The van der Waals surface area contributed by atoms with Crippen molar-refractivity contribution in [1.29, 1.82) is 0 Å². The quantitative estimate of drug-likeness (QED) is 0.104. The fourth-order valence-corrected chi connectivity index (χ4v) is 5.51. The first-order valence-corrected chi connectivity index (χ1v) is 14.0. The van der Waals surface area contributed by atoms with Crippen molar-refractivity contribution in [2.75, 3.05) is 19.6 Å². The first-order valence-electron chi connectivity index (χ1n) is 14.0. The van der Waals surface area contributed by atoms with Crippen LogP contribution in [-0.4, -0.2) is 69.3 Å². The van der Waals surface area contributed by atoms with Gasteiger partial charge in [-0.25, -0.2) is 0 Å². The number of nitro benzene ring substituents is 1.